The van der Waals surface area contributed by atoms with Crippen LogP contribution in [0.1, 0.15) is 5.56 Å². The Hall–Kier alpha value is -1.46. The minimum Gasteiger partial charge on any atom is -0.378 e. The number of morpholine rings is 1. The quantitative estimate of drug-likeness (QED) is 0.864. The Labute approximate surface area is 106 Å². The highest BCUT2D eigenvalue weighted by atomic mass is 19.1. The number of carbonyl (C=O) groups excluding carboxylic acids is 1. The van der Waals surface area contributed by atoms with Crippen LogP contribution < -0.4 is 5.32 Å². The lowest BCUT2D eigenvalue weighted by Crippen LogP contribution is -2.51. The van der Waals surface area contributed by atoms with Gasteiger partial charge < -0.3 is 15.0 Å². The molecule has 0 bridgehead atoms. The van der Waals surface area contributed by atoms with Gasteiger partial charge in [-0.1, -0.05) is 18.2 Å². The van der Waals surface area contributed by atoms with Crippen LogP contribution in [0.25, 0.3) is 0 Å². The van der Waals surface area contributed by atoms with E-state index in [1.54, 1.807) is 25.2 Å². The van der Waals surface area contributed by atoms with E-state index in [9.17, 15) is 9.18 Å². The highest BCUT2D eigenvalue weighted by Gasteiger charge is 2.24. The van der Waals surface area contributed by atoms with Gasteiger partial charge in [-0.2, -0.15) is 0 Å². The van der Waals surface area contributed by atoms with E-state index >= 15 is 0 Å². The van der Waals surface area contributed by atoms with Gasteiger partial charge in [0, 0.05) is 25.7 Å². The molecule has 1 amide bonds. The molecule has 5 heteroatoms. The molecule has 1 aromatic rings. The van der Waals surface area contributed by atoms with Gasteiger partial charge in [0.05, 0.1) is 13.2 Å². The molecule has 1 aliphatic rings. The van der Waals surface area contributed by atoms with Crippen molar-refractivity contribution in [1.29, 1.82) is 0 Å². The summed E-state index contributed by atoms with van der Waals surface area (Å²) in [4.78, 5) is 13.6. The van der Waals surface area contributed by atoms with Crippen molar-refractivity contribution in [3.05, 3.63) is 35.6 Å². The average Bonchev–Trinajstić information content (AvgIpc) is 2.41. The highest BCUT2D eigenvalue weighted by Crippen LogP contribution is 2.10. The van der Waals surface area contributed by atoms with E-state index in [2.05, 4.69) is 5.32 Å². The Morgan fingerprint density at radius 2 is 2.33 bits per heavy atom. The maximum atomic E-state index is 13.5. The van der Waals surface area contributed by atoms with Crippen molar-refractivity contribution < 1.29 is 13.9 Å². The molecule has 1 N–H and O–H groups in total. The van der Waals surface area contributed by atoms with Gasteiger partial charge in [0.25, 0.3) is 0 Å². The van der Waals surface area contributed by atoms with Gasteiger partial charge in [-0.25, -0.2) is 4.39 Å². The topological polar surface area (TPSA) is 41.6 Å². The second kappa shape index (κ2) is 5.93. The summed E-state index contributed by atoms with van der Waals surface area (Å²) < 4.78 is 18.7. The van der Waals surface area contributed by atoms with E-state index in [-0.39, 0.29) is 24.3 Å². The molecule has 4 nitrogen and oxygen atoms in total. The summed E-state index contributed by atoms with van der Waals surface area (Å²) in [5.41, 5.74) is 0.519. The van der Waals surface area contributed by atoms with E-state index in [1.165, 1.54) is 11.0 Å². The van der Waals surface area contributed by atoms with Gasteiger partial charge in [-0.3, -0.25) is 4.79 Å². The number of ether oxygens (including phenoxy) is 1. The summed E-state index contributed by atoms with van der Waals surface area (Å²) in [5, 5.41) is 3.09. The normalized spacial score (nSPS) is 19.6. The number of likely N-dealkylation sites (N-methyl/N-ethyl adjacent to an activating group) is 1. The van der Waals surface area contributed by atoms with Crippen LogP contribution in [0.5, 0.6) is 0 Å². The molecule has 1 heterocycles. The second-order valence-corrected chi connectivity index (χ2v) is 4.37. The van der Waals surface area contributed by atoms with Crippen molar-refractivity contribution in [3.8, 4) is 0 Å². The van der Waals surface area contributed by atoms with Gasteiger partial charge in [0.1, 0.15) is 11.9 Å². The zero-order valence-corrected chi connectivity index (χ0v) is 10.4. The smallest absolute Gasteiger partial charge is 0.242 e. The fourth-order valence-electron chi connectivity index (χ4n) is 1.95. The molecule has 0 radical (unpaired) electrons. The molecule has 0 aliphatic carbocycles. The second-order valence-electron chi connectivity index (χ2n) is 4.37. The fraction of sp³-hybridized carbons (Fsp3) is 0.462. The van der Waals surface area contributed by atoms with Gasteiger partial charge in [0.15, 0.2) is 0 Å². The number of nitrogens with zero attached hydrogens (tertiary/aromatic N) is 1. The number of carbonyl (C=O) groups is 1. The van der Waals surface area contributed by atoms with Crippen molar-refractivity contribution in [2.45, 2.75) is 12.6 Å². The molecule has 1 aliphatic heterocycles. The lowest BCUT2D eigenvalue weighted by atomic mass is 10.2. The molecule has 1 fully saturated rings. The minimum absolute atomic E-state index is 0.0713. The standard InChI is InChI=1S/C13H17FN2O2/c1-16(8-10-4-2-3-5-11(10)14)13(17)12-9-18-7-6-15-12/h2-5,12,15H,6-9H2,1H3. The first kappa shape index (κ1) is 13.0. The van der Waals surface area contributed by atoms with Gasteiger partial charge in [0.2, 0.25) is 5.91 Å². The van der Waals surface area contributed by atoms with Crippen LogP contribution in [-0.4, -0.2) is 43.7 Å². The number of hydrogen-bond donors (Lipinski definition) is 1. The van der Waals surface area contributed by atoms with Crippen molar-refractivity contribution in [3.63, 3.8) is 0 Å². The van der Waals surface area contributed by atoms with Crippen LogP contribution >= 0.6 is 0 Å². The zero-order chi connectivity index (χ0) is 13.0. The van der Waals surface area contributed by atoms with Crippen LogP contribution in [0, 0.1) is 5.82 Å². The molecule has 1 aromatic carbocycles. The first-order chi connectivity index (χ1) is 8.68. The van der Waals surface area contributed by atoms with Crippen molar-refractivity contribution in [2.75, 3.05) is 26.8 Å². The number of benzene rings is 1. The lowest BCUT2D eigenvalue weighted by Gasteiger charge is -2.27. The summed E-state index contributed by atoms with van der Waals surface area (Å²) in [6.07, 6.45) is 0. The van der Waals surface area contributed by atoms with Crippen LogP contribution in [0.3, 0.4) is 0 Å². The summed E-state index contributed by atoms with van der Waals surface area (Å²) in [5.74, 6) is -0.358. The Kier molecular flexibility index (Phi) is 4.28. The molecule has 1 saturated heterocycles. The van der Waals surface area contributed by atoms with Crippen LogP contribution in [-0.2, 0) is 16.1 Å². The molecule has 0 saturated carbocycles. The SMILES string of the molecule is CN(Cc1ccccc1F)C(=O)C1COCCN1. The van der Waals surface area contributed by atoms with E-state index in [1.807, 2.05) is 0 Å². The van der Waals surface area contributed by atoms with Gasteiger partial charge in [-0.05, 0) is 6.07 Å². The summed E-state index contributed by atoms with van der Waals surface area (Å²) in [6, 6.07) is 6.16. The largest absolute Gasteiger partial charge is 0.378 e. The number of hydrogen-bond acceptors (Lipinski definition) is 3. The molecule has 1 atom stereocenters. The van der Waals surface area contributed by atoms with Crippen molar-refractivity contribution >= 4 is 5.91 Å². The third-order valence-electron chi connectivity index (χ3n) is 2.96. The maximum absolute atomic E-state index is 13.5. The van der Waals surface area contributed by atoms with E-state index < -0.39 is 0 Å². The lowest BCUT2D eigenvalue weighted by molar-refractivity contribution is -0.135. The van der Waals surface area contributed by atoms with Gasteiger partial charge in [-0.15, -0.1) is 0 Å². The number of rotatable bonds is 3. The van der Waals surface area contributed by atoms with Crippen LogP contribution in [0.15, 0.2) is 24.3 Å². The summed E-state index contributed by atoms with van der Waals surface area (Å²) in [7, 11) is 1.67. The highest BCUT2D eigenvalue weighted by molar-refractivity contribution is 5.81. The summed E-state index contributed by atoms with van der Waals surface area (Å²) in [6.45, 7) is 1.94. The van der Waals surface area contributed by atoms with Gasteiger partial charge >= 0.3 is 0 Å². The van der Waals surface area contributed by atoms with Crippen LogP contribution in [0.2, 0.25) is 0 Å². The number of amides is 1. The van der Waals surface area contributed by atoms with Crippen molar-refractivity contribution in [1.82, 2.24) is 10.2 Å². The first-order valence-electron chi connectivity index (χ1n) is 5.98. The molecule has 0 aromatic heterocycles. The maximum Gasteiger partial charge on any atom is 0.242 e. The predicted octanol–water partition coefficient (Wildman–Crippen LogP) is 0.772. The van der Waals surface area contributed by atoms with E-state index in [4.69, 9.17) is 4.74 Å². The molecule has 98 valence electrons. The fourth-order valence-corrected chi connectivity index (χ4v) is 1.95. The molecular formula is C13H17FN2O2. The number of halogens is 1. The molecular weight excluding hydrogens is 235 g/mol. The summed E-state index contributed by atoms with van der Waals surface area (Å²) >= 11 is 0. The molecule has 2 rings (SSSR count). The first-order valence-corrected chi connectivity index (χ1v) is 5.98. The Balaban J connectivity index is 1.96. The van der Waals surface area contributed by atoms with E-state index in [0.29, 0.717) is 25.3 Å². The number of nitrogens with one attached hydrogen (secondary N) is 1. The van der Waals surface area contributed by atoms with Crippen molar-refractivity contribution in [2.24, 2.45) is 0 Å². The zero-order valence-electron chi connectivity index (χ0n) is 10.4. The van der Waals surface area contributed by atoms with Crippen LogP contribution in [0.4, 0.5) is 4.39 Å². The third-order valence-corrected chi connectivity index (χ3v) is 2.96. The molecule has 0 spiro atoms. The minimum atomic E-state index is -0.324. The average molecular weight is 252 g/mol. The molecule has 18 heavy (non-hydrogen) atoms. The Bertz CT molecular complexity index is 419. The molecule has 1 unspecified atom stereocenters. The predicted molar refractivity (Wildman–Crippen MR) is 65.5 cm³/mol. The Morgan fingerprint density at radius 1 is 1.56 bits per heavy atom. The van der Waals surface area contributed by atoms with E-state index in [0.717, 1.165) is 0 Å². The monoisotopic (exact) mass is 252 g/mol. The third kappa shape index (κ3) is 3.05. The Morgan fingerprint density at radius 3 is 3.00 bits per heavy atom.